The number of carbonyl (C=O) groups is 1. The zero-order valence-corrected chi connectivity index (χ0v) is 10.8. The molecule has 1 fully saturated rings. The number of rotatable bonds is 2. The van der Waals surface area contributed by atoms with E-state index in [-0.39, 0.29) is 17.8 Å². The summed E-state index contributed by atoms with van der Waals surface area (Å²) in [6, 6.07) is 5.96. The molecule has 1 aliphatic rings. The lowest BCUT2D eigenvalue weighted by Crippen LogP contribution is -2.51. The predicted octanol–water partition coefficient (Wildman–Crippen LogP) is 2.18. The van der Waals surface area contributed by atoms with E-state index in [1.165, 1.54) is 17.0 Å². The Kier molecular flexibility index (Phi) is 3.97. The van der Waals surface area contributed by atoms with Crippen molar-refractivity contribution in [1.29, 1.82) is 0 Å². The summed E-state index contributed by atoms with van der Waals surface area (Å²) in [6.45, 7) is 2.95. The highest BCUT2D eigenvalue weighted by atomic mass is 19.1. The van der Waals surface area contributed by atoms with Crippen molar-refractivity contribution in [3.05, 3.63) is 30.1 Å². The van der Waals surface area contributed by atoms with Gasteiger partial charge in [0.25, 0.3) is 0 Å². The van der Waals surface area contributed by atoms with Crippen LogP contribution in [-0.2, 0) is 4.79 Å². The van der Waals surface area contributed by atoms with Gasteiger partial charge in [-0.2, -0.15) is 0 Å². The summed E-state index contributed by atoms with van der Waals surface area (Å²) < 4.78 is 13.2. The number of likely N-dealkylation sites (N-methyl/N-ethyl adjacent to an activating group) is 1. The second-order valence-electron chi connectivity index (χ2n) is 4.93. The molecule has 1 amide bonds. The summed E-state index contributed by atoms with van der Waals surface area (Å²) in [6.07, 6.45) is 2.16. The molecule has 0 aromatic heterocycles. The van der Waals surface area contributed by atoms with E-state index in [1.54, 1.807) is 19.2 Å². The van der Waals surface area contributed by atoms with Crippen molar-refractivity contribution >= 4 is 11.6 Å². The first kappa shape index (κ1) is 13.0. The minimum Gasteiger partial charge on any atom is -0.314 e. The fourth-order valence-electron chi connectivity index (χ4n) is 2.40. The van der Waals surface area contributed by atoms with Crippen LogP contribution >= 0.6 is 0 Å². The Hall–Kier alpha value is -1.42. The van der Waals surface area contributed by atoms with E-state index in [4.69, 9.17) is 0 Å². The number of carbonyl (C=O) groups excluding carboxylic acids is 1. The van der Waals surface area contributed by atoms with Gasteiger partial charge in [-0.25, -0.2) is 4.39 Å². The third-order valence-corrected chi connectivity index (χ3v) is 3.56. The molecule has 2 rings (SSSR count). The number of hydrogen-bond acceptors (Lipinski definition) is 2. The van der Waals surface area contributed by atoms with Gasteiger partial charge in [-0.1, -0.05) is 13.0 Å². The summed E-state index contributed by atoms with van der Waals surface area (Å²) in [5.41, 5.74) is 0.597. The molecule has 3 nitrogen and oxygen atoms in total. The van der Waals surface area contributed by atoms with E-state index in [0.717, 1.165) is 19.4 Å². The van der Waals surface area contributed by atoms with Gasteiger partial charge in [0.05, 0.1) is 6.04 Å². The lowest BCUT2D eigenvalue weighted by molar-refractivity contribution is -0.121. The van der Waals surface area contributed by atoms with Crippen LogP contribution in [0.2, 0.25) is 0 Å². The molecule has 0 saturated carbocycles. The van der Waals surface area contributed by atoms with E-state index >= 15 is 0 Å². The van der Waals surface area contributed by atoms with Crippen LogP contribution in [-0.4, -0.2) is 25.5 Å². The van der Waals surface area contributed by atoms with E-state index in [0.29, 0.717) is 11.6 Å². The molecule has 0 aliphatic carbocycles. The molecule has 1 N–H and O–H groups in total. The molecule has 0 spiro atoms. The molecule has 1 heterocycles. The molecule has 18 heavy (non-hydrogen) atoms. The summed E-state index contributed by atoms with van der Waals surface area (Å²) in [5, 5.41) is 3.25. The van der Waals surface area contributed by atoms with Gasteiger partial charge in [-0.15, -0.1) is 0 Å². The molecular weight excluding hydrogens is 231 g/mol. The second kappa shape index (κ2) is 5.48. The van der Waals surface area contributed by atoms with Crippen LogP contribution in [0.4, 0.5) is 10.1 Å². The minimum absolute atomic E-state index is 0.00722. The maximum atomic E-state index is 13.2. The smallest absolute Gasteiger partial charge is 0.244 e. The normalized spacial score (nSPS) is 23.7. The summed E-state index contributed by atoms with van der Waals surface area (Å²) in [7, 11) is 1.69. The van der Waals surface area contributed by atoms with Crippen molar-refractivity contribution in [2.45, 2.75) is 25.8 Å². The summed E-state index contributed by atoms with van der Waals surface area (Å²) >= 11 is 0. The van der Waals surface area contributed by atoms with Gasteiger partial charge in [0.1, 0.15) is 5.82 Å². The largest absolute Gasteiger partial charge is 0.314 e. The first-order valence-electron chi connectivity index (χ1n) is 6.36. The molecule has 4 heteroatoms. The highest BCUT2D eigenvalue weighted by molar-refractivity contribution is 5.96. The fraction of sp³-hybridized carbons (Fsp3) is 0.500. The highest BCUT2D eigenvalue weighted by Crippen LogP contribution is 2.20. The first-order chi connectivity index (χ1) is 8.59. The number of nitrogens with one attached hydrogen (secondary N) is 1. The maximum Gasteiger partial charge on any atom is 0.244 e. The van der Waals surface area contributed by atoms with Crippen LogP contribution in [0.15, 0.2) is 24.3 Å². The van der Waals surface area contributed by atoms with Gasteiger partial charge >= 0.3 is 0 Å². The average molecular weight is 250 g/mol. The number of benzene rings is 1. The molecule has 2 atom stereocenters. The Labute approximate surface area is 107 Å². The van der Waals surface area contributed by atoms with Gasteiger partial charge in [0.2, 0.25) is 5.91 Å². The quantitative estimate of drug-likeness (QED) is 0.872. The summed E-state index contributed by atoms with van der Waals surface area (Å²) in [5.74, 6) is 0.00635. The summed E-state index contributed by atoms with van der Waals surface area (Å²) in [4.78, 5) is 13.9. The van der Waals surface area contributed by atoms with Crippen molar-refractivity contribution in [1.82, 2.24) is 5.32 Å². The van der Waals surface area contributed by atoms with Crippen molar-refractivity contribution in [2.75, 3.05) is 18.5 Å². The molecule has 1 aliphatic heterocycles. The van der Waals surface area contributed by atoms with Crippen LogP contribution in [0.5, 0.6) is 0 Å². The van der Waals surface area contributed by atoms with Crippen LogP contribution in [0.3, 0.4) is 0 Å². The monoisotopic (exact) mass is 250 g/mol. The van der Waals surface area contributed by atoms with E-state index < -0.39 is 0 Å². The molecular formula is C14H19FN2O. The van der Waals surface area contributed by atoms with Gasteiger partial charge in [0.15, 0.2) is 0 Å². The SMILES string of the molecule is CC1CCCNC1C(=O)N(C)c1cccc(F)c1. The minimum atomic E-state index is -0.322. The van der Waals surface area contributed by atoms with Crippen LogP contribution in [0, 0.1) is 11.7 Å². The molecule has 1 saturated heterocycles. The first-order valence-corrected chi connectivity index (χ1v) is 6.36. The van der Waals surface area contributed by atoms with Crippen molar-refractivity contribution < 1.29 is 9.18 Å². The number of nitrogens with zero attached hydrogens (tertiary/aromatic N) is 1. The third-order valence-electron chi connectivity index (χ3n) is 3.56. The molecule has 1 aromatic rings. The molecule has 0 bridgehead atoms. The van der Waals surface area contributed by atoms with Gasteiger partial charge < -0.3 is 10.2 Å². The van der Waals surface area contributed by atoms with Gasteiger partial charge in [0, 0.05) is 12.7 Å². The van der Waals surface area contributed by atoms with Crippen LogP contribution < -0.4 is 10.2 Å². The molecule has 98 valence electrons. The van der Waals surface area contributed by atoms with Crippen molar-refractivity contribution in [3.63, 3.8) is 0 Å². The zero-order chi connectivity index (χ0) is 13.1. The Balaban J connectivity index is 2.13. The number of halogens is 1. The number of amides is 1. The lowest BCUT2D eigenvalue weighted by Gasteiger charge is -2.32. The van der Waals surface area contributed by atoms with Crippen molar-refractivity contribution in [3.8, 4) is 0 Å². The topological polar surface area (TPSA) is 32.3 Å². The molecule has 0 radical (unpaired) electrons. The van der Waals surface area contributed by atoms with E-state index in [1.807, 2.05) is 0 Å². The second-order valence-corrected chi connectivity index (χ2v) is 4.93. The van der Waals surface area contributed by atoms with Crippen LogP contribution in [0.1, 0.15) is 19.8 Å². The standard InChI is InChI=1S/C14H19FN2O/c1-10-5-4-8-16-13(10)14(18)17(2)12-7-3-6-11(15)9-12/h3,6-7,9-10,13,16H,4-5,8H2,1-2H3. The Morgan fingerprint density at radius 2 is 2.28 bits per heavy atom. The Morgan fingerprint density at radius 1 is 1.50 bits per heavy atom. The van der Waals surface area contributed by atoms with Crippen LogP contribution in [0.25, 0.3) is 0 Å². The maximum absolute atomic E-state index is 13.2. The number of hydrogen-bond donors (Lipinski definition) is 1. The Bertz CT molecular complexity index is 436. The van der Waals surface area contributed by atoms with Crippen molar-refractivity contribution in [2.24, 2.45) is 5.92 Å². The lowest BCUT2D eigenvalue weighted by atomic mass is 9.92. The van der Waals surface area contributed by atoms with Gasteiger partial charge in [-0.3, -0.25) is 4.79 Å². The van der Waals surface area contributed by atoms with Gasteiger partial charge in [-0.05, 0) is 43.5 Å². The molecule has 2 unspecified atom stereocenters. The predicted molar refractivity (Wildman–Crippen MR) is 70.0 cm³/mol. The zero-order valence-electron chi connectivity index (χ0n) is 10.8. The Morgan fingerprint density at radius 3 is 2.94 bits per heavy atom. The number of anilines is 1. The van der Waals surface area contributed by atoms with E-state index in [9.17, 15) is 9.18 Å². The highest BCUT2D eigenvalue weighted by Gasteiger charge is 2.30. The fourth-order valence-corrected chi connectivity index (χ4v) is 2.40. The molecule has 1 aromatic carbocycles. The third kappa shape index (κ3) is 2.70. The average Bonchev–Trinajstić information content (AvgIpc) is 2.37. The van der Waals surface area contributed by atoms with E-state index in [2.05, 4.69) is 12.2 Å². The number of piperidine rings is 1.